The second-order valence-corrected chi connectivity index (χ2v) is 10.3. The van der Waals surface area contributed by atoms with Crippen LogP contribution in [0.4, 0.5) is 8.78 Å². The van der Waals surface area contributed by atoms with Crippen LogP contribution in [-0.2, 0) is 24.4 Å². The minimum Gasteiger partial charge on any atom is -0.477 e. The van der Waals surface area contributed by atoms with E-state index in [-0.39, 0.29) is 34.9 Å². The zero-order valence-electron chi connectivity index (χ0n) is 21.4. The number of ether oxygens (including phenoxy) is 2. The number of imidazole rings is 1. The number of carboxylic acids is 1. The summed E-state index contributed by atoms with van der Waals surface area (Å²) in [6.45, 7) is 3.08. The van der Waals surface area contributed by atoms with E-state index >= 15 is 0 Å². The van der Waals surface area contributed by atoms with Gasteiger partial charge in [-0.2, -0.15) is 0 Å². The molecule has 0 aliphatic carbocycles. The Kier molecular flexibility index (Phi) is 7.26. The van der Waals surface area contributed by atoms with Crippen LogP contribution in [0.2, 0.25) is 5.02 Å². The molecule has 2 aliphatic heterocycles. The molecule has 5 heterocycles. The predicted molar refractivity (Wildman–Crippen MR) is 143 cm³/mol. The van der Waals surface area contributed by atoms with E-state index in [1.54, 1.807) is 18.2 Å². The molecule has 2 N–H and O–H groups in total. The molecule has 1 fully saturated rings. The highest BCUT2D eigenvalue weighted by Gasteiger charge is 2.25. The van der Waals surface area contributed by atoms with Gasteiger partial charge in [-0.15, -0.1) is 0 Å². The van der Waals surface area contributed by atoms with E-state index in [4.69, 9.17) is 26.1 Å². The van der Waals surface area contributed by atoms with Crippen molar-refractivity contribution in [1.82, 2.24) is 24.4 Å². The number of aromatic carboxylic acids is 1. The summed E-state index contributed by atoms with van der Waals surface area (Å²) in [4.78, 5) is 25.6. The molecule has 1 unspecified atom stereocenters. The van der Waals surface area contributed by atoms with Crippen LogP contribution in [0.25, 0.3) is 16.7 Å². The second-order valence-electron chi connectivity index (χ2n) is 9.86. The number of aromatic nitrogens is 4. The Morgan fingerprint density at radius 2 is 2.05 bits per heavy atom. The number of H-pyrrole nitrogens is 1. The summed E-state index contributed by atoms with van der Waals surface area (Å²) < 4.78 is 41.7. The molecule has 0 amide bonds. The third-order valence-corrected chi connectivity index (χ3v) is 7.45. The van der Waals surface area contributed by atoms with Crippen molar-refractivity contribution in [2.24, 2.45) is 0 Å². The SMILES string of the molecule is O=C(O)c1cc2c(nc(CN3CC=C(c4ccc(F)c(OCc5ccc(Cl)cc5F)n4)CC3)n2CC2CCO2)[nH]1. The van der Waals surface area contributed by atoms with Gasteiger partial charge in [0.1, 0.15) is 23.9 Å². The lowest BCUT2D eigenvalue weighted by atomic mass is 10.0. The third-order valence-electron chi connectivity index (χ3n) is 7.21. The molecule has 0 saturated carbocycles. The number of rotatable bonds is 9. The molecule has 0 radical (unpaired) electrons. The Balaban J connectivity index is 1.15. The molecule has 6 rings (SSSR count). The molecule has 1 atom stereocenters. The molecule has 0 bridgehead atoms. The molecule has 1 aromatic carbocycles. The minimum absolute atomic E-state index is 0.0873. The quantitative estimate of drug-likeness (QED) is 0.291. The van der Waals surface area contributed by atoms with Crippen molar-refractivity contribution in [3.05, 3.63) is 81.9 Å². The Morgan fingerprint density at radius 1 is 1.20 bits per heavy atom. The Morgan fingerprint density at radius 3 is 2.75 bits per heavy atom. The Labute approximate surface area is 233 Å². The topological polar surface area (TPSA) is 106 Å². The standard InChI is InChI=1S/C28H26ClF2N5O4/c29-18-2-1-17(21(31)11-18)15-40-27-20(30)3-4-22(33-27)16-5-8-35(9-6-16)14-25-34-26-24(12-23(32-26)28(37)38)36(25)13-19-7-10-39-19/h1-5,11-12,19,32H,6-10,13-15H2,(H,37,38). The minimum atomic E-state index is -1.03. The molecule has 3 aromatic heterocycles. The molecule has 9 nitrogen and oxygen atoms in total. The molecule has 1 saturated heterocycles. The van der Waals surface area contributed by atoms with Crippen molar-refractivity contribution < 1.29 is 28.2 Å². The van der Waals surface area contributed by atoms with Gasteiger partial charge in [-0.3, -0.25) is 4.90 Å². The first kappa shape index (κ1) is 26.4. The van der Waals surface area contributed by atoms with Gasteiger partial charge in [-0.25, -0.2) is 23.5 Å². The van der Waals surface area contributed by atoms with Crippen molar-refractivity contribution in [2.75, 3.05) is 19.7 Å². The van der Waals surface area contributed by atoms with Gasteiger partial charge in [0.2, 0.25) is 0 Å². The summed E-state index contributed by atoms with van der Waals surface area (Å²) in [6.07, 6.45) is 3.76. The van der Waals surface area contributed by atoms with E-state index in [1.165, 1.54) is 18.2 Å². The van der Waals surface area contributed by atoms with Gasteiger partial charge in [0.15, 0.2) is 11.5 Å². The number of benzene rings is 1. The van der Waals surface area contributed by atoms with Gasteiger partial charge in [0, 0.05) is 30.3 Å². The van der Waals surface area contributed by atoms with Gasteiger partial charge >= 0.3 is 5.97 Å². The monoisotopic (exact) mass is 569 g/mol. The molecular formula is C28H26ClF2N5O4. The molecule has 12 heteroatoms. The summed E-state index contributed by atoms with van der Waals surface area (Å²) in [6, 6.07) is 8.75. The van der Waals surface area contributed by atoms with Gasteiger partial charge < -0.3 is 24.1 Å². The number of nitrogens with zero attached hydrogens (tertiary/aromatic N) is 4. The molecule has 208 valence electrons. The first-order valence-corrected chi connectivity index (χ1v) is 13.3. The predicted octanol–water partition coefficient (Wildman–Crippen LogP) is 5.05. The van der Waals surface area contributed by atoms with Crippen LogP contribution in [0.5, 0.6) is 5.88 Å². The number of hydrogen-bond donors (Lipinski definition) is 2. The van der Waals surface area contributed by atoms with Crippen molar-refractivity contribution in [2.45, 2.75) is 38.6 Å². The Bertz CT molecular complexity index is 1610. The van der Waals surface area contributed by atoms with Crippen molar-refractivity contribution in [3.63, 3.8) is 0 Å². The fraction of sp³-hybridized carbons (Fsp3) is 0.321. The zero-order chi connectivity index (χ0) is 27.8. The number of nitrogens with one attached hydrogen (secondary N) is 1. The summed E-state index contributed by atoms with van der Waals surface area (Å²) in [5, 5.41) is 9.63. The normalized spacial score (nSPS) is 17.6. The van der Waals surface area contributed by atoms with Crippen LogP contribution >= 0.6 is 11.6 Å². The highest BCUT2D eigenvalue weighted by molar-refractivity contribution is 6.30. The first-order chi connectivity index (χ1) is 19.3. The average molecular weight is 570 g/mol. The van der Waals surface area contributed by atoms with Crippen LogP contribution in [0, 0.1) is 11.6 Å². The number of aromatic amines is 1. The van der Waals surface area contributed by atoms with Crippen molar-refractivity contribution in [3.8, 4) is 5.88 Å². The molecule has 40 heavy (non-hydrogen) atoms. The fourth-order valence-electron chi connectivity index (χ4n) is 4.90. The van der Waals surface area contributed by atoms with Gasteiger partial charge in [-0.05, 0) is 48.7 Å². The maximum Gasteiger partial charge on any atom is 0.352 e. The van der Waals surface area contributed by atoms with Crippen LogP contribution in [0.3, 0.4) is 0 Å². The number of hydrogen-bond acceptors (Lipinski definition) is 6. The number of carboxylic acid groups (broad SMARTS) is 1. The maximum atomic E-state index is 14.4. The summed E-state index contributed by atoms with van der Waals surface area (Å²) in [7, 11) is 0. The van der Waals surface area contributed by atoms with E-state index < -0.39 is 17.6 Å². The van der Waals surface area contributed by atoms with Gasteiger partial charge in [0.25, 0.3) is 5.88 Å². The van der Waals surface area contributed by atoms with E-state index in [2.05, 4.69) is 14.9 Å². The molecule has 2 aliphatic rings. The van der Waals surface area contributed by atoms with E-state index in [9.17, 15) is 18.7 Å². The van der Waals surface area contributed by atoms with Crippen molar-refractivity contribution >= 4 is 34.3 Å². The average Bonchev–Trinajstić information content (AvgIpc) is 3.45. The largest absolute Gasteiger partial charge is 0.477 e. The van der Waals surface area contributed by atoms with Gasteiger partial charge in [-0.1, -0.05) is 23.7 Å². The number of halogens is 3. The van der Waals surface area contributed by atoms with Crippen LogP contribution in [-0.4, -0.2) is 61.3 Å². The lowest BCUT2D eigenvalue weighted by Gasteiger charge is -2.29. The summed E-state index contributed by atoms with van der Waals surface area (Å²) >= 11 is 5.79. The van der Waals surface area contributed by atoms with Crippen LogP contribution in [0.1, 0.15) is 40.4 Å². The van der Waals surface area contributed by atoms with E-state index in [0.29, 0.717) is 37.4 Å². The van der Waals surface area contributed by atoms with E-state index in [1.807, 2.05) is 10.6 Å². The highest BCUT2D eigenvalue weighted by Crippen LogP contribution is 2.27. The number of pyridine rings is 1. The summed E-state index contributed by atoms with van der Waals surface area (Å²) in [5.41, 5.74) is 3.21. The van der Waals surface area contributed by atoms with Crippen molar-refractivity contribution in [1.29, 1.82) is 0 Å². The van der Waals surface area contributed by atoms with E-state index in [0.717, 1.165) is 36.5 Å². The molecule has 0 spiro atoms. The number of fused-ring (bicyclic) bond motifs is 1. The van der Waals surface area contributed by atoms with Gasteiger partial charge in [0.05, 0.1) is 30.4 Å². The third kappa shape index (κ3) is 5.45. The van der Waals surface area contributed by atoms with Crippen LogP contribution < -0.4 is 4.74 Å². The smallest absolute Gasteiger partial charge is 0.352 e. The van der Waals surface area contributed by atoms with Crippen LogP contribution in [0.15, 0.2) is 42.5 Å². The molecular weight excluding hydrogens is 544 g/mol. The molecule has 4 aromatic rings. The lowest BCUT2D eigenvalue weighted by molar-refractivity contribution is -0.0591. The first-order valence-electron chi connectivity index (χ1n) is 12.9. The number of carbonyl (C=O) groups is 1. The highest BCUT2D eigenvalue weighted by atomic mass is 35.5. The Hall–Kier alpha value is -3.80. The fourth-order valence-corrected chi connectivity index (χ4v) is 5.06. The summed E-state index contributed by atoms with van der Waals surface area (Å²) in [5.74, 6) is -1.54. The maximum absolute atomic E-state index is 14.4. The second kappa shape index (κ2) is 11.0. The zero-order valence-corrected chi connectivity index (χ0v) is 22.1. The lowest BCUT2D eigenvalue weighted by Crippen LogP contribution is -2.33.